The third kappa shape index (κ3) is 3.96. The van der Waals surface area contributed by atoms with Crippen molar-refractivity contribution in [2.45, 2.75) is 13.3 Å². The van der Waals surface area contributed by atoms with Gasteiger partial charge in [-0.2, -0.15) is 0 Å². The van der Waals surface area contributed by atoms with Crippen molar-refractivity contribution in [3.8, 4) is 5.75 Å². The van der Waals surface area contributed by atoms with E-state index in [-0.39, 0.29) is 5.91 Å². The summed E-state index contributed by atoms with van der Waals surface area (Å²) >= 11 is 1.58. The number of thiazole rings is 1. The molecule has 0 aliphatic heterocycles. The molecule has 0 saturated carbocycles. The smallest absolute Gasteiger partial charge is 0.251 e. The van der Waals surface area contributed by atoms with Crippen molar-refractivity contribution in [2.24, 2.45) is 0 Å². The van der Waals surface area contributed by atoms with E-state index in [1.807, 2.05) is 12.3 Å². The van der Waals surface area contributed by atoms with Crippen LogP contribution in [0.5, 0.6) is 5.75 Å². The van der Waals surface area contributed by atoms with Crippen LogP contribution in [-0.4, -0.2) is 24.0 Å². The average Bonchev–Trinajstić information content (AvgIpc) is 2.91. The first-order chi connectivity index (χ1) is 9.69. The number of aromatic nitrogens is 1. The Kier molecular flexibility index (Phi) is 4.95. The molecule has 1 aromatic heterocycles. The molecule has 5 nitrogen and oxygen atoms in total. The fourth-order valence-electron chi connectivity index (χ4n) is 1.76. The van der Waals surface area contributed by atoms with Gasteiger partial charge in [-0.15, -0.1) is 11.3 Å². The maximum Gasteiger partial charge on any atom is 0.251 e. The molecule has 0 spiro atoms. The van der Waals surface area contributed by atoms with Crippen LogP contribution in [0.3, 0.4) is 0 Å². The second-order valence-corrected chi connectivity index (χ2v) is 5.13. The summed E-state index contributed by atoms with van der Waals surface area (Å²) in [6.07, 6.45) is 2.48. The van der Waals surface area contributed by atoms with Gasteiger partial charge in [0.1, 0.15) is 5.75 Å². The highest BCUT2D eigenvalue weighted by Crippen LogP contribution is 2.18. The van der Waals surface area contributed by atoms with Gasteiger partial charge in [-0.3, -0.25) is 4.79 Å². The van der Waals surface area contributed by atoms with Crippen molar-refractivity contribution < 1.29 is 9.53 Å². The van der Waals surface area contributed by atoms with Crippen LogP contribution < -0.4 is 15.8 Å². The molecule has 1 heterocycles. The van der Waals surface area contributed by atoms with Crippen LogP contribution in [0.1, 0.15) is 22.3 Å². The molecule has 0 unspecified atom stereocenters. The standard InChI is InChI=1S/C14H17N3O2S/c1-2-19-12-8-10(7-11(15)9-12)14(18)17-4-3-13-16-5-6-20-13/h5-9H,2-4,15H2,1H3,(H,17,18). The molecule has 0 fully saturated rings. The predicted molar refractivity (Wildman–Crippen MR) is 80.2 cm³/mol. The van der Waals surface area contributed by atoms with Crippen LogP contribution in [0.4, 0.5) is 5.69 Å². The summed E-state index contributed by atoms with van der Waals surface area (Å²) < 4.78 is 5.37. The Morgan fingerprint density at radius 1 is 1.45 bits per heavy atom. The summed E-state index contributed by atoms with van der Waals surface area (Å²) in [6, 6.07) is 5.04. The Morgan fingerprint density at radius 2 is 2.30 bits per heavy atom. The van der Waals surface area contributed by atoms with E-state index in [9.17, 15) is 4.79 Å². The van der Waals surface area contributed by atoms with Crippen LogP contribution >= 0.6 is 11.3 Å². The lowest BCUT2D eigenvalue weighted by Gasteiger charge is -2.08. The summed E-state index contributed by atoms with van der Waals surface area (Å²) in [7, 11) is 0. The van der Waals surface area contributed by atoms with Crippen LogP contribution in [0.25, 0.3) is 0 Å². The Bertz CT molecular complexity index is 570. The number of rotatable bonds is 6. The van der Waals surface area contributed by atoms with E-state index in [1.54, 1.807) is 35.7 Å². The molecule has 0 radical (unpaired) electrons. The van der Waals surface area contributed by atoms with Gasteiger partial charge in [-0.1, -0.05) is 0 Å². The van der Waals surface area contributed by atoms with Crippen molar-refractivity contribution in [2.75, 3.05) is 18.9 Å². The molecule has 0 atom stereocenters. The first kappa shape index (κ1) is 14.3. The second-order valence-electron chi connectivity index (χ2n) is 4.16. The van der Waals surface area contributed by atoms with E-state index in [0.717, 1.165) is 11.4 Å². The van der Waals surface area contributed by atoms with Crippen molar-refractivity contribution in [3.63, 3.8) is 0 Å². The van der Waals surface area contributed by atoms with E-state index in [2.05, 4.69) is 10.3 Å². The van der Waals surface area contributed by atoms with Gasteiger partial charge in [-0.25, -0.2) is 4.98 Å². The summed E-state index contributed by atoms with van der Waals surface area (Å²) in [4.78, 5) is 16.2. The molecule has 6 heteroatoms. The number of ether oxygens (including phenoxy) is 1. The first-order valence-electron chi connectivity index (χ1n) is 6.39. The lowest BCUT2D eigenvalue weighted by molar-refractivity contribution is 0.0953. The highest BCUT2D eigenvalue weighted by Gasteiger charge is 2.08. The minimum absolute atomic E-state index is 0.158. The maximum atomic E-state index is 12.0. The van der Waals surface area contributed by atoms with Gasteiger partial charge in [-0.05, 0) is 19.1 Å². The number of amides is 1. The van der Waals surface area contributed by atoms with Crippen molar-refractivity contribution >= 4 is 22.9 Å². The van der Waals surface area contributed by atoms with Crippen LogP contribution in [0.2, 0.25) is 0 Å². The molecule has 0 saturated heterocycles. The Morgan fingerprint density at radius 3 is 3.00 bits per heavy atom. The quantitative estimate of drug-likeness (QED) is 0.799. The molecule has 2 aromatic rings. The number of benzene rings is 1. The molecular formula is C14H17N3O2S. The number of carbonyl (C=O) groups excluding carboxylic acids is 1. The van der Waals surface area contributed by atoms with Gasteiger partial charge in [0.15, 0.2) is 0 Å². The zero-order chi connectivity index (χ0) is 14.4. The van der Waals surface area contributed by atoms with Crippen molar-refractivity contribution in [1.82, 2.24) is 10.3 Å². The van der Waals surface area contributed by atoms with Crippen molar-refractivity contribution in [1.29, 1.82) is 0 Å². The Balaban J connectivity index is 1.94. The van der Waals surface area contributed by atoms with E-state index < -0.39 is 0 Å². The summed E-state index contributed by atoms with van der Waals surface area (Å²) in [5.41, 5.74) is 6.79. The predicted octanol–water partition coefficient (Wildman–Crippen LogP) is 2.10. The summed E-state index contributed by atoms with van der Waals surface area (Å²) in [5.74, 6) is 0.451. The molecule has 1 aromatic carbocycles. The summed E-state index contributed by atoms with van der Waals surface area (Å²) in [6.45, 7) is 2.97. The first-order valence-corrected chi connectivity index (χ1v) is 7.27. The number of nitrogens with two attached hydrogens (primary N) is 1. The monoisotopic (exact) mass is 291 g/mol. The van der Waals surface area contributed by atoms with Gasteiger partial charge in [0.05, 0.1) is 11.6 Å². The maximum absolute atomic E-state index is 12.0. The Hall–Kier alpha value is -2.08. The van der Waals surface area contributed by atoms with Gasteiger partial charge >= 0.3 is 0 Å². The zero-order valence-electron chi connectivity index (χ0n) is 11.3. The van der Waals surface area contributed by atoms with Crippen LogP contribution in [0, 0.1) is 0 Å². The molecule has 20 heavy (non-hydrogen) atoms. The molecule has 3 N–H and O–H groups in total. The third-order valence-electron chi connectivity index (χ3n) is 2.61. The number of anilines is 1. The number of hydrogen-bond donors (Lipinski definition) is 2. The SMILES string of the molecule is CCOc1cc(N)cc(C(=O)NCCc2nccs2)c1. The third-order valence-corrected chi connectivity index (χ3v) is 3.45. The Labute approximate surface area is 121 Å². The molecule has 2 rings (SSSR count). The minimum atomic E-state index is -0.158. The lowest BCUT2D eigenvalue weighted by Crippen LogP contribution is -2.25. The van der Waals surface area contributed by atoms with Gasteiger partial charge in [0, 0.05) is 41.9 Å². The molecule has 106 valence electrons. The highest BCUT2D eigenvalue weighted by molar-refractivity contribution is 7.09. The van der Waals surface area contributed by atoms with Crippen LogP contribution in [0.15, 0.2) is 29.8 Å². The lowest BCUT2D eigenvalue weighted by atomic mass is 10.1. The molecule has 0 aliphatic carbocycles. The fraction of sp³-hybridized carbons (Fsp3) is 0.286. The van der Waals surface area contributed by atoms with E-state index in [1.165, 1.54) is 0 Å². The number of hydrogen-bond acceptors (Lipinski definition) is 5. The second kappa shape index (κ2) is 6.91. The molecule has 1 amide bonds. The average molecular weight is 291 g/mol. The number of nitrogens with one attached hydrogen (secondary N) is 1. The van der Waals surface area contributed by atoms with E-state index in [4.69, 9.17) is 10.5 Å². The van der Waals surface area contributed by atoms with Crippen molar-refractivity contribution in [3.05, 3.63) is 40.3 Å². The highest BCUT2D eigenvalue weighted by atomic mass is 32.1. The molecular weight excluding hydrogens is 274 g/mol. The number of carbonyl (C=O) groups is 1. The minimum Gasteiger partial charge on any atom is -0.494 e. The van der Waals surface area contributed by atoms with Gasteiger partial charge < -0.3 is 15.8 Å². The van der Waals surface area contributed by atoms with Gasteiger partial charge in [0.25, 0.3) is 5.91 Å². The van der Waals surface area contributed by atoms with E-state index >= 15 is 0 Å². The fourth-order valence-corrected chi connectivity index (χ4v) is 2.39. The largest absolute Gasteiger partial charge is 0.494 e. The molecule has 0 aliphatic rings. The van der Waals surface area contributed by atoms with E-state index in [0.29, 0.717) is 30.2 Å². The normalized spacial score (nSPS) is 10.2. The van der Waals surface area contributed by atoms with Crippen LogP contribution in [-0.2, 0) is 6.42 Å². The van der Waals surface area contributed by atoms with Gasteiger partial charge in [0.2, 0.25) is 0 Å². The molecule has 0 bridgehead atoms. The number of nitrogens with zero attached hydrogens (tertiary/aromatic N) is 1. The zero-order valence-corrected chi connectivity index (χ0v) is 12.1. The number of nitrogen functional groups attached to an aromatic ring is 1. The topological polar surface area (TPSA) is 77.2 Å². The summed E-state index contributed by atoms with van der Waals surface area (Å²) in [5, 5.41) is 5.78.